The van der Waals surface area contributed by atoms with Gasteiger partial charge in [0.1, 0.15) is 0 Å². The zero-order valence-electron chi connectivity index (χ0n) is 8.69. The fourth-order valence-electron chi connectivity index (χ4n) is 2.28. The van der Waals surface area contributed by atoms with Crippen LogP contribution in [0, 0.1) is 0 Å². The molecule has 1 saturated heterocycles. The molecule has 1 aliphatic rings. The molecule has 0 saturated carbocycles. The summed E-state index contributed by atoms with van der Waals surface area (Å²) in [5.74, 6) is 0.645. The highest BCUT2D eigenvalue weighted by Crippen LogP contribution is 2.24. The van der Waals surface area contributed by atoms with Crippen LogP contribution >= 0.6 is 0 Å². The van der Waals surface area contributed by atoms with E-state index in [-0.39, 0.29) is 0 Å². The number of fused-ring (bicyclic) bond motifs is 1. The van der Waals surface area contributed by atoms with Gasteiger partial charge in [-0.05, 0) is 44.1 Å². The van der Waals surface area contributed by atoms with E-state index in [1.165, 1.54) is 24.1 Å². The minimum atomic E-state index is 0.645. The second-order valence-corrected chi connectivity index (χ2v) is 4.16. The summed E-state index contributed by atoms with van der Waals surface area (Å²) in [6, 6.07) is 8.41. The molecular formula is C12H15N3. The largest absolute Gasteiger partial charge is 0.317 e. The van der Waals surface area contributed by atoms with Crippen LogP contribution in [-0.4, -0.2) is 22.7 Å². The van der Waals surface area contributed by atoms with E-state index >= 15 is 0 Å². The number of hydrogen-bond donors (Lipinski definition) is 1. The van der Waals surface area contributed by atoms with Gasteiger partial charge in [0, 0.05) is 12.1 Å². The Hall–Kier alpha value is -1.35. The Morgan fingerprint density at radius 2 is 2.13 bits per heavy atom. The van der Waals surface area contributed by atoms with Crippen LogP contribution in [0.25, 0.3) is 5.52 Å². The van der Waals surface area contributed by atoms with Gasteiger partial charge in [0.05, 0.1) is 11.2 Å². The number of hydrogen-bond acceptors (Lipinski definition) is 2. The molecule has 2 aromatic rings. The summed E-state index contributed by atoms with van der Waals surface area (Å²) in [5, 5.41) is 8.01. The summed E-state index contributed by atoms with van der Waals surface area (Å²) in [5.41, 5.74) is 2.45. The molecular weight excluding hydrogens is 186 g/mol. The molecule has 0 bridgehead atoms. The lowest BCUT2D eigenvalue weighted by molar-refractivity contribution is 0.452. The van der Waals surface area contributed by atoms with Crippen molar-refractivity contribution in [1.82, 2.24) is 14.9 Å². The Bertz CT molecular complexity index is 422. The number of aromatic nitrogens is 2. The molecule has 0 aliphatic carbocycles. The summed E-state index contributed by atoms with van der Waals surface area (Å²) in [4.78, 5) is 0. The topological polar surface area (TPSA) is 29.3 Å². The minimum Gasteiger partial charge on any atom is -0.317 e. The van der Waals surface area contributed by atoms with Crippen molar-refractivity contribution in [3.05, 3.63) is 36.2 Å². The van der Waals surface area contributed by atoms with Gasteiger partial charge in [-0.1, -0.05) is 6.07 Å². The second kappa shape index (κ2) is 3.66. The number of nitrogens with one attached hydrogen (secondary N) is 1. The highest BCUT2D eigenvalue weighted by atomic mass is 15.2. The molecule has 1 fully saturated rings. The van der Waals surface area contributed by atoms with Crippen molar-refractivity contribution >= 4 is 5.52 Å². The van der Waals surface area contributed by atoms with Gasteiger partial charge in [-0.25, -0.2) is 4.52 Å². The van der Waals surface area contributed by atoms with Gasteiger partial charge in [0.15, 0.2) is 0 Å². The normalized spacial score (nSPS) is 18.4. The molecule has 3 heteroatoms. The molecule has 0 amide bonds. The van der Waals surface area contributed by atoms with E-state index in [0.29, 0.717) is 5.92 Å². The second-order valence-electron chi connectivity index (χ2n) is 4.16. The lowest BCUT2D eigenvalue weighted by Crippen LogP contribution is -2.26. The first-order chi connectivity index (χ1) is 7.43. The van der Waals surface area contributed by atoms with E-state index in [4.69, 9.17) is 0 Å². The average Bonchev–Trinajstić information content (AvgIpc) is 2.74. The van der Waals surface area contributed by atoms with Crippen molar-refractivity contribution in [2.75, 3.05) is 13.1 Å². The smallest absolute Gasteiger partial charge is 0.0667 e. The highest BCUT2D eigenvalue weighted by molar-refractivity contribution is 5.47. The predicted molar refractivity (Wildman–Crippen MR) is 60.0 cm³/mol. The predicted octanol–water partition coefficient (Wildman–Crippen LogP) is 1.80. The zero-order chi connectivity index (χ0) is 10.1. The van der Waals surface area contributed by atoms with E-state index in [2.05, 4.69) is 28.6 Å². The van der Waals surface area contributed by atoms with Crippen molar-refractivity contribution in [3.63, 3.8) is 0 Å². The van der Waals surface area contributed by atoms with E-state index in [0.717, 1.165) is 13.1 Å². The molecule has 0 atom stereocenters. The molecule has 1 aliphatic heterocycles. The third-order valence-electron chi connectivity index (χ3n) is 3.15. The van der Waals surface area contributed by atoms with Crippen LogP contribution < -0.4 is 5.32 Å². The monoisotopic (exact) mass is 201 g/mol. The lowest BCUT2D eigenvalue weighted by atomic mass is 9.95. The zero-order valence-corrected chi connectivity index (χ0v) is 8.69. The van der Waals surface area contributed by atoms with Gasteiger partial charge in [0.2, 0.25) is 0 Å². The van der Waals surface area contributed by atoms with Crippen LogP contribution in [0.5, 0.6) is 0 Å². The lowest BCUT2D eigenvalue weighted by Gasteiger charge is -2.20. The Morgan fingerprint density at radius 3 is 2.93 bits per heavy atom. The van der Waals surface area contributed by atoms with Crippen molar-refractivity contribution in [3.8, 4) is 0 Å². The van der Waals surface area contributed by atoms with Gasteiger partial charge in [-0.15, -0.1) is 0 Å². The summed E-state index contributed by atoms with van der Waals surface area (Å²) in [6.07, 6.45) is 4.44. The molecule has 15 heavy (non-hydrogen) atoms. The Labute approximate surface area is 89.1 Å². The van der Waals surface area contributed by atoms with Gasteiger partial charge in [0.25, 0.3) is 0 Å². The number of nitrogens with zero attached hydrogens (tertiary/aromatic N) is 2. The Kier molecular flexibility index (Phi) is 2.18. The standard InChI is InChI=1S/C12H15N3/c1-2-8-15-11(3-1)9-12(14-15)10-4-6-13-7-5-10/h1-3,8-10,13H,4-7H2. The van der Waals surface area contributed by atoms with E-state index in [1.54, 1.807) is 0 Å². The molecule has 3 rings (SSSR count). The van der Waals surface area contributed by atoms with Crippen LogP contribution in [0.1, 0.15) is 24.5 Å². The van der Waals surface area contributed by atoms with Crippen LogP contribution in [0.15, 0.2) is 30.5 Å². The van der Waals surface area contributed by atoms with Gasteiger partial charge >= 0.3 is 0 Å². The van der Waals surface area contributed by atoms with Crippen LogP contribution in [-0.2, 0) is 0 Å². The molecule has 3 nitrogen and oxygen atoms in total. The summed E-state index contributed by atoms with van der Waals surface area (Å²) >= 11 is 0. The molecule has 3 heterocycles. The summed E-state index contributed by atoms with van der Waals surface area (Å²) < 4.78 is 1.97. The van der Waals surface area contributed by atoms with Crippen molar-refractivity contribution in [1.29, 1.82) is 0 Å². The van der Waals surface area contributed by atoms with Gasteiger partial charge < -0.3 is 5.32 Å². The maximum atomic E-state index is 4.63. The maximum absolute atomic E-state index is 4.63. The number of piperidine rings is 1. The molecule has 0 spiro atoms. The molecule has 0 aromatic carbocycles. The number of pyridine rings is 1. The fourth-order valence-corrected chi connectivity index (χ4v) is 2.28. The SMILES string of the molecule is c1ccn2nc(C3CCNCC3)cc2c1. The minimum absolute atomic E-state index is 0.645. The first kappa shape index (κ1) is 8.92. The van der Waals surface area contributed by atoms with Crippen LogP contribution in [0.4, 0.5) is 0 Å². The third-order valence-corrected chi connectivity index (χ3v) is 3.15. The summed E-state index contributed by atoms with van der Waals surface area (Å²) in [6.45, 7) is 2.25. The number of rotatable bonds is 1. The van der Waals surface area contributed by atoms with Gasteiger partial charge in [-0.2, -0.15) is 5.10 Å². The first-order valence-corrected chi connectivity index (χ1v) is 5.58. The summed E-state index contributed by atoms with van der Waals surface area (Å²) in [7, 11) is 0. The van der Waals surface area contributed by atoms with E-state index < -0.39 is 0 Å². The highest BCUT2D eigenvalue weighted by Gasteiger charge is 2.17. The van der Waals surface area contributed by atoms with E-state index in [1.807, 2.05) is 16.8 Å². The molecule has 0 radical (unpaired) electrons. The maximum Gasteiger partial charge on any atom is 0.0667 e. The first-order valence-electron chi connectivity index (χ1n) is 5.58. The Balaban J connectivity index is 1.96. The van der Waals surface area contributed by atoms with Crippen molar-refractivity contribution in [2.45, 2.75) is 18.8 Å². The van der Waals surface area contributed by atoms with Crippen LogP contribution in [0.2, 0.25) is 0 Å². The van der Waals surface area contributed by atoms with Gasteiger partial charge in [-0.3, -0.25) is 0 Å². The van der Waals surface area contributed by atoms with Crippen molar-refractivity contribution < 1.29 is 0 Å². The Morgan fingerprint density at radius 1 is 1.27 bits per heavy atom. The third kappa shape index (κ3) is 1.63. The molecule has 2 aromatic heterocycles. The quantitative estimate of drug-likeness (QED) is 0.762. The average molecular weight is 201 g/mol. The van der Waals surface area contributed by atoms with E-state index in [9.17, 15) is 0 Å². The molecule has 78 valence electrons. The van der Waals surface area contributed by atoms with Crippen molar-refractivity contribution in [2.24, 2.45) is 0 Å². The molecule has 0 unspecified atom stereocenters. The fraction of sp³-hybridized carbons (Fsp3) is 0.417. The molecule has 1 N–H and O–H groups in total. The van der Waals surface area contributed by atoms with Crippen LogP contribution in [0.3, 0.4) is 0 Å².